The molecule has 0 aromatic heterocycles. The number of unbranched alkanes of at least 4 members (excludes halogenated alkanes) is 2. The van der Waals surface area contributed by atoms with Crippen molar-refractivity contribution in [2.45, 2.75) is 45.1 Å². The van der Waals surface area contributed by atoms with Crippen LogP contribution in [-0.2, 0) is 4.74 Å². The zero-order valence-corrected chi connectivity index (χ0v) is 7.81. The van der Waals surface area contributed by atoms with Gasteiger partial charge < -0.3 is 4.74 Å². The van der Waals surface area contributed by atoms with Crippen molar-refractivity contribution in [3.8, 4) is 0 Å². The first kappa shape index (κ1) is 10.7. The molecule has 1 unspecified atom stereocenters. The summed E-state index contributed by atoms with van der Waals surface area (Å²) in [4.78, 5) is 0. The van der Waals surface area contributed by atoms with Crippen LogP contribution in [0.3, 0.4) is 0 Å². The average Bonchev–Trinajstić information content (AvgIpc) is 2.03. The normalized spacial score (nSPS) is 12.9. The zero-order chi connectivity index (χ0) is 8.53. The van der Waals surface area contributed by atoms with Crippen LogP contribution in [0.2, 0.25) is 0 Å². The molecule has 0 aliphatic heterocycles. The lowest BCUT2D eigenvalue weighted by Gasteiger charge is -2.11. The molecule has 11 heavy (non-hydrogen) atoms. The van der Waals surface area contributed by atoms with Crippen LogP contribution in [0.1, 0.15) is 39.0 Å². The fourth-order valence-corrected chi connectivity index (χ4v) is 1.14. The Morgan fingerprint density at radius 3 is 2.64 bits per heavy atom. The summed E-state index contributed by atoms with van der Waals surface area (Å²) in [5.41, 5.74) is 0. The lowest BCUT2D eigenvalue weighted by atomic mass is 10.1. The molecule has 0 saturated heterocycles. The second-order valence-electron chi connectivity index (χ2n) is 2.88. The van der Waals surface area contributed by atoms with Gasteiger partial charge in [0.1, 0.15) is 0 Å². The molecule has 0 aromatic carbocycles. The lowest BCUT2D eigenvalue weighted by molar-refractivity contribution is 0.0954. The molecule has 1 atom stereocenters. The largest absolute Gasteiger partial charge is 0.381 e. The van der Waals surface area contributed by atoms with Crippen LogP contribution in [0, 0.1) is 0 Å². The van der Waals surface area contributed by atoms with Gasteiger partial charge in [-0.25, -0.2) is 0 Å². The van der Waals surface area contributed by atoms with E-state index in [1.165, 1.54) is 25.7 Å². The van der Waals surface area contributed by atoms with Gasteiger partial charge in [0, 0.05) is 7.11 Å². The molecule has 1 heteroatoms. The second-order valence-corrected chi connectivity index (χ2v) is 2.88. The fraction of sp³-hybridized carbons (Fsp3) is 0.800. The van der Waals surface area contributed by atoms with E-state index >= 15 is 0 Å². The molecule has 0 aliphatic carbocycles. The van der Waals surface area contributed by atoms with E-state index in [1.807, 2.05) is 6.08 Å². The van der Waals surface area contributed by atoms with Crippen LogP contribution in [0.25, 0.3) is 0 Å². The highest BCUT2D eigenvalue weighted by atomic mass is 16.5. The maximum absolute atomic E-state index is 5.27. The minimum absolute atomic E-state index is 0.402. The van der Waals surface area contributed by atoms with Crippen molar-refractivity contribution < 1.29 is 4.74 Å². The van der Waals surface area contributed by atoms with Crippen LogP contribution < -0.4 is 0 Å². The Labute approximate surface area is 70.4 Å². The summed E-state index contributed by atoms with van der Waals surface area (Å²) in [6.45, 7) is 5.91. The molecule has 0 N–H and O–H groups in total. The predicted molar refractivity (Wildman–Crippen MR) is 49.8 cm³/mol. The Bertz CT molecular complexity index is 88.9. The third-order valence-electron chi connectivity index (χ3n) is 1.89. The third kappa shape index (κ3) is 6.11. The average molecular weight is 156 g/mol. The van der Waals surface area contributed by atoms with Crippen molar-refractivity contribution >= 4 is 0 Å². The summed E-state index contributed by atoms with van der Waals surface area (Å²) in [5.74, 6) is 0. The molecule has 0 saturated carbocycles. The molecule has 0 aromatic rings. The Morgan fingerprint density at radius 2 is 2.18 bits per heavy atom. The van der Waals surface area contributed by atoms with Gasteiger partial charge in [-0.2, -0.15) is 0 Å². The van der Waals surface area contributed by atoms with E-state index < -0.39 is 0 Å². The van der Waals surface area contributed by atoms with Crippen LogP contribution in [0.5, 0.6) is 0 Å². The van der Waals surface area contributed by atoms with E-state index in [4.69, 9.17) is 4.74 Å². The van der Waals surface area contributed by atoms with Gasteiger partial charge in [-0.05, 0) is 12.8 Å². The van der Waals surface area contributed by atoms with Crippen molar-refractivity contribution in [3.63, 3.8) is 0 Å². The van der Waals surface area contributed by atoms with Crippen molar-refractivity contribution in [3.05, 3.63) is 12.7 Å². The first-order chi connectivity index (χ1) is 5.35. The highest BCUT2D eigenvalue weighted by Gasteiger charge is 2.02. The molecule has 1 nitrogen and oxygen atoms in total. The highest BCUT2D eigenvalue weighted by Crippen LogP contribution is 2.09. The van der Waals surface area contributed by atoms with Crippen LogP contribution in [0.15, 0.2) is 12.7 Å². The standard InChI is InChI=1S/C10H20O/c1-4-6-7-9-10(11-3)8-5-2/h5,10H,2,4,6-9H2,1,3H3. The Kier molecular flexibility index (Phi) is 7.59. The van der Waals surface area contributed by atoms with Crippen molar-refractivity contribution in [2.75, 3.05) is 7.11 Å². The quantitative estimate of drug-likeness (QED) is 0.406. The van der Waals surface area contributed by atoms with E-state index in [9.17, 15) is 0 Å². The summed E-state index contributed by atoms with van der Waals surface area (Å²) in [6, 6.07) is 0. The van der Waals surface area contributed by atoms with Gasteiger partial charge in [0.25, 0.3) is 0 Å². The van der Waals surface area contributed by atoms with Crippen molar-refractivity contribution in [1.29, 1.82) is 0 Å². The van der Waals surface area contributed by atoms with E-state index in [2.05, 4.69) is 13.5 Å². The number of hydrogen-bond acceptors (Lipinski definition) is 1. The molecular weight excluding hydrogens is 136 g/mol. The molecule has 0 amide bonds. The fourth-order valence-electron chi connectivity index (χ4n) is 1.14. The molecule has 0 radical (unpaired) electrons. The highest BCUT2D eigenvalue weighted by molar-refractivity contribution is 4.73. The van der Waals surface area contributed by atoms with Crippen LogP contribution in [-0.4, -0.2) is 13.2 Å². The Balaban J connectivity index is 3.27. The molecule has 0 aliphatic rings. The topological polar surface area (TPSA) is 9.23 Å². The smallest absolute Gasteiger partial charge is 0.0605 e. The first-order valence-corrected chi connectivity index (χ1v) is 4.48. The van der Waals surface area contributed by atoms with Gasteiger partial charge in [0.05, 0.1) is 6.10 Å². The number of rotatable bonds is 7. The molecule has 0 fully saturated rings. The molecule has 66 valence electrons. The molecular formula is C10H20O. The number of hydrogen-bond donors (Lipinski definition) is 0. The van der Waals surface area contributed by atoms with Gasteiger partial charge in [-0.1, -0.05) is 32.3 Å². The van der Waals surface area contributed by atoms with Gasteiger partial charge in [0.2, 0.25) is 0 Å². The monoisotopic (exact) mass is 156 g/mol. The minimum Gasteiger partial charge on any atom is -0.381 e. The summed E-state index contributed by atoms with van der Waals surface area (Å²) in [7, 11) is 1.78. The summed E-state index contributed by atoms with van der Waals surface area (Å²) < 4.78 is 5.27. The Hall–Kier alpha value is -0.300. The van der Waals surface area contributed by atoms with Crippen molar-refractivity contribution in [1.82, 2.24) is 0 Å². The van der Waals surface area contributed by atoms with Crippen LogP contribution in [0.4, 0.5) is 0 Å². The van der Waals surface area contributed by atoms with Gasteiger partial charge >= 0.3 is 0 Å². The SMILES string of the molecule is C=CCC(CCCCC)OC. The van der Waals surface area contributed by atoms with Gasteiger partial charge in [-0.3, -0.25) is 0 Å². The number of methoxy groups -OCH3 is 1. The molecule has 0 heterocycles. The van der Waals surface area contributed by atoms with Gasteiger partial charge in [-0.15, -0.1) is 6.58 Å². The summed E-state index contributed by atoms with van der Waals surface area (Å²) in [5, 5.41) is 0. The Morgan fingerprint density at radius 1 is 1.45 bits per heavy atom. The summed E-state index contributed by atoms with van der Waals surface area (Å²) >= 11 is 0. The first-order valence-electron chi connectivity index (χ1n) is 4.48. The van der Waals surface area contributed by atoms with E-state index in [1.54, 1.807) is 7.11 Å². The van der Waals surface area contributed by atoms with E-state index in [0.717, 1.165) is 6.42 Å². The molecule has 0 bridgehead atoms. The lowest BCUT2D eigenvalue weighted by Crippen LogP contribution is -2.08. The maximum Gasteiger partial charge on any atom is 0.0605 e. The maximum atomic E-state index is 5.27. The van der Waals surface area contributed by atoms with Crippen LogP contribution >= 0.6 is 0 Å². The van der Waals surface area contributed by atoms with Crippen molar-refractivity contribution in [2.24, 2.45) is 0 Å². The molecule has 0 rings (SSSR count). The van der Waals surface area contributed by atoms with E-state index in [0.29, 0.717) is 6.10 Å². The second kappa shape index (κ2) is 7.80. The van der Waals surface area contributed by atoms with Gasteiger partial charge in [0.15, 0.2) is 0 Å². The minimum atomic E-state index is 0.402. The third-order valence-corrected chi connectivity index (χ3v) is 1.89. The number of ether oxygens (including phenoxy) is 1. The summed E-state index contributed by atoms with van der Waals surface area (Å²) in [6.07, 6.45) is 8.38. The molecule has 0 spiro atoms. The van der Waals surface area contributed by atoms with E-state index in [-0.39, 0.29) is 0 Å². The zero-order valence-electron chi connectivity index (χ0n) is 7.81. The predicted octanol–water partition coefficient (Wildman–Crippen LogP) is 3.16.